The zero-order chi connectivity index (χ0) is 21.0. The second-order valence-electron chi connectivity index (χ2n) is 7.75. The van der Waals surface area contributed by atoms with Crippen LogP contribution in [0.1, 0.15) is 36.9 Å². The minimum Gasteiger partial charge on any atom is -0.438 e. The molecule has 1 unspecified atom stereocenters. The van der Waals surface area contributed by atoms with Gasteiger partial charge in [-0.25, -0.2) is 4.79 Å². The van der Waals surface area contributed by atoms with E-state index < -0.39 is 5.60 Å². The maximum absolute atomic E-state index is 13.0. The molecule has 0 bridgehead atoms. The highest BCUT2D eigenvalue weighted by Gasteiger charge is 2.42. The Balaban J connectivity index is 1.51. The average molecular weight is 402 g/mol. The van der Waals surface area contributed by atoms with Crippen molar-refractivity contribution in [3.8, 4) is 11.1 Å². The van der Waals surface area contributed by atoms with E-state index in [-0.39, 0.29) is 12.1 Å². The van der Waals surface area contributed by atoms with Gasteiger partial charge in [0.2, 0.25) is 0 Å². The smallest absolute Gasteiger partial charge is 0.411 e. The van der Waals surface area contributed by atoms with Crippen LogP contribution < -0.4 is 5.73 Å². The number of nitrogens with two attached hydrogens (primary N) is 1. The lowest BCUT2D eigenvalue weighted by atomic mass is 9.85. The number of nitrogens with zero attached hydrogens (tertiary/aromatic N) is 2. The van der Waals surface area contributed by atoms with Gasteiger partial charge in [-0.1, -0.05) is 60.7 Å². The normalized spacial score (nSPS) is 19.9. The van der Waals surface area contributed by atoms with Crippen molar-refractivity contribution >= 4 is 6.09 Å². The van der Waals surface area contributed by atoms with Crippen LogP contribution in [0.4, 0.5) is 4.79 Å². The summed E-state index contributed by atoms with van der Waals surface area (Å²) in [6.07, 6.45) is 4.66. The van der Waals surface area contributed by atoms with E-state index in [1.54, 1.807) is 11.1 Å². The van der Waals surface area contributed by atoms with Gasteiger partial charge in [0, 0.05) is 31.8 Å². The molecule has 0 spiro atoms. The van der Waals surface area contributed by atoms with Crippen LogP contribution in [0.15, 0.2) is 79.1 Å². The van der Waals surface area contributed by atoms with Gasteiger partial charge in [0.05, 0.1) is 6.04 Å². The van der Waals surface area contributed by atoms with Crippen molar-refractivity contribution in [2.24, 2.45) is 5.73 Å². The van der Waals surface area contributed by atoms with E-state index in [0.29, 0.717) is 19.5 Å². The maximum atomic E-state index is 13.0. The van der Waals surface area contributed by atoms with Gasteiger partial charge in [0.1, 0.15) is 5.60 Å². The third-order valence-corrected chi connectivity index (χ3v) is 5.98. The maximum Gasteiger partial charge on any atom is 0.411 e. The lowest BCUT2D eigenvalue weighted by molar-refractivity contribution is -0.0640. The third kappa shape index (κ3) is 3.94. The fraction of sp³-hybridized carbons (Fsp3) is 0.280. The molecule has 154 valence electrons. The molecule has 5 nitrogen and oxygen atoms in total. The number of carbonyl (C=O) groups is 1. The Labute approximate surface area is 177 Å². The van der Waals surface area contributed by atoms with E-state index in [2.05, 4.69) is 29.2 Å². The topological polar surface area (TPSA) is 68.5 Å². The Morgan fingerprint density at radius 2 is 1.83 bits per heavy atom. The summed E-state index contributed by atoms with van der Waals surface area (Å²) in [4.78, 5) is 19.0. The van der Waals surface area contributed by atoms with Crippen molar-refractivity contribution in [1.82, 2.24) is 9.88 Å². The van der Waals surface area contributed by atoms with Gasteiger partial charge in [-0.3, -0.25) is 4.98 Å². The number of amides is 1. The number of ether oxygens (including phenoxy) is 1. The Morgan fingerprint density at radius 3 is 2.47 bits per heavy atom. The third-order valence-electron chi connectivity index (χ3n) is 5.98. The molecule has 0 saturated carbocycles. The van der Waals surface area contributed by atoms with Gasteiger partial charge in [-0.2, -0.15) is 0 Å². The van der Waals surface area contributed by atoms with Crippen molar-refractivity contribution < 1.29 is 9.53 Å². The number of hydrogen-bond acceptors (Lipinski definition) is 4. The van der Waals surface area contributed by atoms with Crippen molar-refractivity contribution in [3.05, 3.63) is 90.3 Å². The number of benzene rings is 2. The highest BCUT2D eigenvalue weighted by molar-refractivity contribution is 5.70. The van der Waals surface area contributed by atoms with E-state index in [1.165, 1.54) is 0 Å². The molecule has 2 N–H and O–H groups in total. The van der Waals surface area contributed by atoms with Crippen LogP contribution in [-0.2, 0) is 10.3 Å². The van der Waals surface area contributed by atoms with Gasteiger partial charge in [-0.15, -0.1) is 0 Å². The molecule has 5 heteroatoms. The first kappa shape index (κ1) is 20.1. The summed E-state index contributed by atoms with van der Waals surface area (Å²) in [7, 11) is 0. The van der Waals surface area contributed by atoms with E-state index in [1.807, 2.05) is 55.6 Å². The summed E-state index contributed by atoms with van der Waals surface area (Å²) in [5.41, 5.74) is 9.48. The standard InChI is InChI=1S/C25H27N3O2/c1-19(20-9-11-21(12-10-20)22-6-5-16-27-18-22)28-17-14-25(13-15-26,30-24(28)29)23-7-3-2-4-8-23/h2-12,16,18-19H,13-15,17,26H2,1H3/t19-,25?/m0/s1. The molecule has 1 amide bonds. The number of hydrogen-bond donors (Lipinski definition) is 1. The van der Waals surface area contributed by atoms with Crippen LogP contribution in [0.2, 0.25) is 0 Å². The quantitative estimate of drug-likeness (QED) is 0.638. The van der Waals surface area contributed by atoms with E-state index in [9.17, 15) is 4.79 Å². The molecule has 1 aliphatic heterocycles. The van der Waals surface area contributed by atoms with Crippen molar-refractivity contribution in [2.75, 3.05) is 13.1 Å². The van der Waals surface area contributed by atoms with Crippen molar-refractivity contribution in [2.45, 2.75) is 31.4 Å². The Bertz CT molecular complexity index is 976. The van der Waals surface area contributed by atoms with Crippen LogP contribution in [-0.4, -0.2) is 29.1 Å². The lowest BCUT2D eigenvalue weighted by Gasteiger charge is -2.43. The molecule has 30 heavy (non-hydrogen) atoms. The minimum atomic E-state index is -0.645. The summed E-state index contributed by atoms with van der Waals surface area (Å²) in [5.74, 6) is 0. The Hall–Kier alpha value is -3.18. The lowest BCUT2D eigenvalue weighted by Crippen LogP contribution is -2.49. The predicted molar refractivity (Wildman–Crippen MR) is 118 cm³/mol. The van der Waals surface area contributed by atoms with E-state index in [4.69, 9.17) is 10.5 Å². The molecule has 2 atom stereocenters. The largest absolute Gasteiger partial charge is 0.438 e. The first-order chi connectivity index (χ1) is 14.6. The first-order valence-corrected chi connectivity index (χ1v) is 10.4. The summed E-state index contributed by atoms with van der Waals surface area (Å²) in [5, 5.41) is 0. The number of cyclic esters (lactones) is 1. The first-order valence-electron chi connectivity index (χ1n) is 10.4. The number of aromatic nitrogens is 1. The molecule has 0 aliphatic carbocycles. The second kappa shape index (κ2) is 8.67. The van der Waals surface area contributed by atoms with Crippen LogP contribution in [0.5, 0.6) is 0 Å². The zero-order valence-electron chi connectivity index (χ0n) is 17.2. The van der Waals surface area contributed by atoms with Gasteiger partial charge in [-0.05, 0) is 41.8 Å². The van der Waals surface area contributed by atoms with Gasteiger partial charge in [0.25, 0.3) is 0 Å². The zero-order valence-corrected chi connectivity index (χ0v) is 17.2. The van der Waals surface area contributed by atoms with Crippen LogP contribution in [0.25, 0.3) is 11.1 Å². The monoisotopic (exact) mass is 401 g/mol. The van der Waals surface area contributed by atoms with Crippen LogP contribution in [0, 0.1) is 0 Å². The van der Waals surface area contributed by atoms with E-state index >= 15 is 0 Å². The number of rotatable bonds is 6. The summed E-state index contributed by atoms with van der Waals surface area (Å²) < 4.78 is 6.05. The minimum absolute atomic E-state index is 0.0768. The highest BCUT2D eigenvalue weighted by atomic mass is 16.6. The predicted octanol–water partition coefficient (Wildman–Crippen LogP) is 4.90. The molecule has 3 aromatic rings. The highest BCUT2D eigenvalue weighted by Crippen LogP contribution is 2.39. The fourth-order valence-corrected chi connectivity index (χ4v) is 4.19. The van der Waals surface area contributed by atoms with Gasteiger partial charge >= 0.3 is 6.09 Å². The summed E-state index contributed by atoms with van der Waals surface area (Å²) in [6, 6.07) is 22.1. The molecule has 1 fully saturated rings. The summed E-state index contributed by atoms with van der Waals surface area (Å²) >= 11 is 0. The van der Waals surface area contributed by atoms with Gasteiger partial charge < -0.3 is 15.4 Å². The van der Waals surface area contributed by atoms with Crippen molar-refractivity contribution in [3.63, 3.8) is 0 Å². The molecular formula is C25H27N3O2. The molecule has 1 saturated heterocycles. The summed E-state index contributed by atoms with van der Waals surface area (Å²) in [6.45, 7) is 3.13. The number of pyridine rings is 1. The second-order valence-corrected chi connectivity index (χ2v) is 7.75. The van der Waals surface area contributed by atoms with Crippen LogP contribution in [0.3, 0.4) is 0 Å². The Morgan fingerprint density at radius 1 is 1.07 bits per heavy atom. The Kier molecular flexibility index (Phi) is 5.81. The number of carbonyl (C=O) groups excluding carboxylic acids is 1. The fourth-order valence-electron chi connectivity index (χ4n) is 4.19. The molecule has 1 aromatic heterocycles. The molecule has 2 aromatic carbocycles. The van der Waals surface area contributed by atoms with Gasteiger partial charge in [0.15, 0.2) is 0 Å². The van der Waals surface area contributed by atoms with Crippen LogP contribution >= 0.6 is 0 Å². The molecule has 1 aliphatic rings. The molecule has 0 radical (unpaired) electrons. The molecule has 4 rings (SSSR count). The van der Waals surface area contributed by atoms with Crippen molar-refractivity contribution in [1.29, 1.82) is 0 Å². The van der Waals surface area contributed by atoms with E-state index in [0.717, 1.165) is 28.7 Å². The molecule has 2 heterocycles. The SMILES string of the molecule is C[C@@H](c1ccc(-c2cccnc2)cc1)N1CCC(CCN)(c2ccccc2)OC1=O. The average Bonchev–Trinajstić information content (AvgIpc) is 2.80. The molecular weight excluding hydrogens is 374 g/mol.